The Morgan fingerprint density at radius 3 is 2.75 bits per heavy atom. The molecule has 6 heteroatoms. The maximum absolute atomic E-state index is 12.1. The first-order valence-corrected chi connectivity index (χ1v) is 7.21. The van der Waals surface area contributed by atoms with E-state index in [1.165, 1.54) is 18.1 Å². The highest BCUT2D eigenvalue weighted by Gasteiger charge is 2.32. The molecule has 0 aliphatic carbocycles. The summed E-state index contributed by atoms with van der Waals surface area (Å²) in [5, 5.41) is 0. The zero-order valence-electron chi connectivity index (χ0n) is 10.9. The quantitative estimate of drug-likeness (QED) is 0.484. The van der Waals surface area contributed by atoms with Crippen molar-refractivity contribution < 1.29 is 14.3 Å². The molecule has 0 unspecified atom stereocenters. The molecule has 0 radical (unpaired) electrons. The van der Waals surface area contributed by atoms with E-state index in [4.69, 9.17) is 12.2 Å². The molecule has 4 nitrogen and oxygen atoms in total. The second-order valence-corrected chi connectivity index (χ2v) is 5.77. The lowest BCUT2D eigenvalue weighted by atomic mass is 10.1. The summed E-state index contributed by atoms with van der Waals surface area (Å²) in [6.45, 7) is 0.507. The molecular weight excluding hydrogens is 294 g/mol. The summed E-state index contributed by atoms with van der Waals surface area (Å²) in [6.07, 6.45) is 1.90. The molecule has 1 saturated heterocycles. The molecular formula is C14H13NO3S2. The largest absolute Gasteiger partial charge is 0.466 e. The molecule has 0 bridgehead atoms. The zero-order chi connectivity index (χ0) is 14.5. The van der Waals surface area contributed by atoms with Crippen molar-refractivity contribution in [3.05, 3.63) is 46.9 Å². The van der Waals surface area contributed by atoms with E-state index in [0.717, 1.165) is 23.7 Å². The van der Waals surface area contributed by atoms with Gasteiger partial charge in [0.15, 0.2) is 0 Å². The van der Waals surface area contributed by atoms with E-state index in [-0.39, 0.29) is 5.91 Å². The van der Waals surface area contributed by atoms with Gasteiger partial charge in [-0.25, -0.2) is 4.79 Å². The number of amides is 1. The second-order valence-electron chi connectivity index (χ2n) is 4.09. The summed E-state index contributed by atoms with van der Waals surface area (Å²) in [6, 6.07) is 9.86. The predicted molar refractivity (Wildman–Crippen MR) is 82.1 cm³/mol. The molecule has 0 spiro atoms. The van der Waals surface area contributed by atoms with Crippen molar-refractivity contribution in [2.75, 3.05) is 13.7 Å². The van der Waals surface area contributed by atoms with Crippen molar-refractivity contribution in [2.24, 2.45) is 0 Å². The summed E-state index contributed by atoms with van der Waals surface area (Å²) in [4.78, 5) is 25.1. The fourth-order valence-electron chi connectivity index (χ4n) is 1.74. The van der Waals surface area contributed by atoms with E-state index in [0.29, 0.717) is 15.8 Å². The van der Waals surface area contributed by atoms with Crippen LogP contribution in [0.15, 0.2) is 41.3 Å². The van der Waals surface area contributed by atoms with E-state index < -0.39 is 5.97 Å². The van der Waals surface area contributed by atoms with E-state index in [1.54, 1.807) is 0 Å². The average molecular weight is 307 g/mol. The highest BCUT2D eigenvalue weighted by atomic mass is 32.2. The van der Waals surface area contributed by atoms with Gasteiger partial charge in [-0.2, -0.15) is 0 Å². The van der Waals surface area contributed by atoms with Crippen molar-refractivity contribution in [1.29, 1.82) is 0 Å². The summed E-state index contributed by atoms with van der Waals surface area (Å²) in [5.41, 5.74) is 1.14. The number of nitrogens with zero attached hydrogens (tertiary/aromatic N) is 1. The molecule has 20 heavy (non-hydrogen) atoms. The molecule has 1 aliphatic rings. The molecule has 1 fully saturated rings. The first kappa shape index (κ1) is 14.7. The average Bonchev–Trinajstić information content (AvgIpc) is 2.72. The molecule has 1 aromatic rings. The van der Waals surface area contributed by atoms with E-state index in [1.807, 2.05) is 30.3 Å². The van der Waals surface area contributed by atoms with Gasteiger partial charge in [0, 0.05) is 12.6 Å². The number of esters is 1. The lowest BCUT2D eigenvalue weighted by Gasteiger charge is -2.14. The lowest BCUT2D eigenvalue weighted by molar-refractivity contribution is -0.135. The highest BCUT2D eigenvalue weighted by molar-refractivity contribution is 8.26. The Morgan fingerprint density at radius 2 is 2.10 bits per heavy atom. The van der Waals surface area contributed by atoms with Gasteiger partial charge >= 0.3 is 5.97 Å². The number of thiocarbonyl (C=S) groups is 1. The van der Waals surface area contributed by atoms with Gasteiger partial charge in [-0.15, -0.1) is 0 Å². The minimum atomic E-state index is -0.548. The molecule has 1 amide bonds. The van der Waals surface area contributed by atoms with Crippen LogP contribution in [0.4, 0.5) is 0 Å². The Kier molecular flexibility index (Phi) is 4.92. The van der Waals surface area contributed by atoms with Crippen LogP contribution in [0, 0.1) is 0 Å². The lowest BCUT2D eigenvalue weighted by Crippen LogP contribution is -2.30. The standard InChI is InChI=1S/C14H13NO3S2/c1-18-12(16)9-11-13(17)15(14(19)20-11)8-7-10-5-3-2-4-6-10/h2-6,9H,7-8H2,1H3. The maximum Gasteiger partial charge on any atom is 0.331 e. The van der Waals surface area contributed by atoms with Crippen LogP contribution >= 0.6 is 24.0 Å². The molecule has 1 aliphatic heterocycles. The number of ether oxygens (including phenoxy) is 1. The van der Waals surface area contributed by atoms with Crippen LogP contribution in [-0.4, -0.2) is 34.8 Å². The van der Waals surface area contributed by atoms with Gasteiger partial charge in [0.2, 0.25) is 0 Å². The number of hydrogen-bond acceptors (Lipinski definition) is 5. The third-order valence-corrected chi connectivity index (χ3v) is 4.17. The topological polar surface area (TPSA) is 46.6 Å². The number of hydrogen-bond donors (Lipinski definition) is 0. The number of benzene rings is 1. The van der Waals surface area contributed by atoms with Crippen LogP contribution in [-0.2, 0) is 20.7 Å². The monoisotopic (exact) mass is 307 g/mol. The predicted octanol–water partition coefficient (Wildman–Crippen LogP) is 2.15. The molecule has 0 aromatic heterocycles. The smallest absolute Gasteiger partial charge is 0.331 e. The summed E-state index contributed by atoms with van der Waals surface area (Å²) in [5.74, 6) is -0.783. The number of carbonyl (C=O) groups is 2. The van der Waals surface area contributed by atoms with Crippen molar-refractivity contribution in [3.8, 4) is 0 Å². The fraction of sp³-hybridized carbons (Fsp3) is 0.214. The number of thioether (sulfide) groups is 1. The van der Waals surface area contributed by atoms with Crippen LogP contribution < -0.4 is 0 Å². The minimum Gasteiger partial charge on any atom is -0.466 e. The third kappa shape index (κ3) is 3.46. The summed E-state index contributed by atoms with van der Waals surface area (Å²) < 4.78 is 4.99. The van der Waals surface area contributed by atoms with Gasteiger partial charge in [-0.1, -0.05) is 54.3 Å². The molecule has 0 saturated carbocycles. The van der Waals surface area contributed by atoms with Gasteiger partial charge in [0.1, 0.15) is 4.32 Å². The van der Waals surface area contributed by atoms with E-state index >= 15 is 0 Å². The van der Waals surface area contributed by atoms with Crippen molar-refractivity contribution in [1.82, 2.24) is 4.90 Å². The third-order valence-electron chi connectivity index (χ3n) is 2.79. The van der Waals surface area contributed by atoms with Crippen molar-refractivity contribution in [2.45, 2.75) is 6.42 Å². The zero-order valence-corrected chi connectivity index (χ0v) is 12.5. The Labute approximate surface area is 126 Å². The molecule has 0 N–H and O–H groups in total. The van der Waals surface area contributed by atoms with Gasteiger partial charge in [-0.05, 0) is 12.0 Å². The van der Waals surface area contributed by atoms with Gasteiger partial charge in [0.25, 0.3) is 5.91 Å². The molecule has 1 aromatic carbocycles. The maximum atomic E-state index is 12.1. The fourth-order valence-corrected chi connectivity index (χ4v) is 3.01. The number of carbonyl (C=O) groups excluding carboxylic acids is 2. The van der Waals surface area contributed by atoms with Crippen molar-refractivity contribution in [3.63, 3.8) is 0 Å². The molecule has 1 heterocycles. The number of methoxy groups -OCH3 is 1. The summed E-state index contributed by atoms with van der Waals surface area (Å²) >= 11 is 6.30. The SMILES string of the molecule is COC(=O)C=C1SC(=S)N(CCc2ccccc2)C1=O. The first-order valence-electron chi connectivity index (χ1n) is 5.99. The van der Waals surface area contributed by atoms with Crippen molar-refractivity contribution >= 4 is 40.2 Å². The van der Waals surface area contributed by atoms with E-state index in [9.17, 15) is 9.59 Å². The Morgan fingerprint density at radius 1 is 1.40 bits per heavy atom. The van der Waals surface area contributed by atoms with Gasteiger partial charge in [0.05, 0.1) is 12.0 Å². The van der Waals surface area contributed by atoms with Crippen LogP contribution in [0.5, 0.6) is 0 Å². The number of rotatable bonds is 4. The Hall–Kier alpha value is -1.66. The minimum absolute atomic E-state index is 0.235. The van der Waals surface area contributed by atoms with Crippen LogP contribution in [0.2, 0.25) is 0 Å². The molecule has 0 atom stereocenters. The Bertz CT molecular complexity index is 569. The highest BCUT2D eigenvalue weighted by Crippen LogP contribution is 2.30. The Balaban J connectivity index is 2.02. The molecule has 104 valence electrons. The van der Waals surface area contributed by atoms with Gasteiger partial charge in [-0.3, -0.25) is 9.69 Å². The second kappa shape index (κ2) is 6.67. The van der Waals surface area contributed by atoms with Gasteiger partial charge < -0.3 is 4.74 Å². The van der Waals surface area contributed by atoms with Crippen LogP contribution in [0.3, 0.4) is 0 Å². The summed E-state index contributed by atoms with van der Waals surface area (Å²) in [7, 11) is 1.27. The van der Waals surface area contributed by atoms with Crippen LogP contribution in [0.1, 0.15) is 5.56 Å². The molecule has 2 rings (SSSR count). The van der Waals surface area contributed by atoms with Crippen LogP contribution in [0.25, 0.3) is 0 Å². The normalized spacial score (nSPS) is 16.9. The van der Waals surface area contributed by atoms with E-state index in [2.05, 4.69) is 4.74 Å². The first-order chi connectivity index (χ1) is 9.61.